The third kappa shape index (κ3) is 4.98. The van der Waals surface area contributed by atoms with Gasteiger partial charge in [0.15, 0.2) is 0 Å². The van der Waals surface area contributed by atoms with Gasteiger partial charge in [-0.1, -0.05) is 27.2 Å². The number of hydrogen-bond donors (Lipinski definition) is 1. The van der Waals surface area contributed by atoms with E-state index in [4.69, 9.17) is 0 Å². The molecule has 0 bridgehead atoms. The first-order valence-corrected chi connectivity index (χ1v) is 6.72. The monoisotopic (exact) mass is 212 g/mol. The first kappa shape index (κ1) is 13.0. The van der Waals surface area contributed by atoms with Gasteiger partial charge in [-0.3, -0.25) is 0 Å². The van der Waals surface area contributed by atoms with Crippen LogP contribution in [0.3, 0.4) is 0 Å². The molecule has 1 saturated heterocycles. The first-order chi connectivity index (χ1) is 7.26. The molecular weight excluding hydrogens is 184 g/mol. The van der Waals surface area contributed by atoms with Crippen LogP contribution in [0.25, 0.3) is 0 Å². The molecular formula is C13H28N2. The van der Waals surface area contributed by atoms with E-state index in [2.05, 4.69) is 31.0 Å². The van der Waals surface area contributed by atoms with Gasteiger partial charge >= 0.3 is 0 Å². The molecule has 0 aliphatic carbocycles. The van der Waals surface area contributed by atoms with Crippen molar-refractivity contribution >= 4 is 0 Å². The summed E-state index contributed by atoms with van der Waals surface area (Å²) in [5.74, 6) is 0.915. The van der Waals surface area contributed by atoms with Crippen LogP contribution in [0, 0.1) is 5.92 Å². The van der Waals surface area contributed by atoms with E-state index in [9.17, 15) is 0 Å². The van der Waals surface area contributed by atoms with E-state index in [-0.39, 0.29) is 0 Å². The van der Waals surface area contributed by atoms with Gasteiger partial charge in [0.25, 0.3) is 0 Å². The lowest BCUT2D eigenvalue weighted by Gasteiger charge is -2.24. The predicted molar refractivity (Wildman–Crippen MR) is 67.2 cm³/mol. The van der Waals surface area contributed by atoms with Crippen LogP contribution in [-0.4, -0.2) is 37.1 Å². The number of hydrogen-bond acceptors (Lipinski definition) is 2. The Bertz CT molecular complexity index is 159. The molecule has 1 N–H and O–H groups in total. The van der Waals surface area contributed by atoms with E-state index in [1.54, 1.807) is 0 Å². The third-order valence-electron chi connectivity index (χ3n) is 3.31. The molecule has 0 aromatic heterocycles. The molecule has 2 unspecified atom stereocenters. The van der Waals surface area contributed by atoms with Crippen LogP contribution < -0.4 is 5.32 Å². The number of rotatable bonds is 7. The SMILES string of the molecule is CCCNC(CCC)CN1CCC(C)C1. The quantitative estimate of drug-likeness (QED) is 0.697. The molecule has 2 nitrogen and oxygen atoms in total. The fourth-order valence-electron chi connectivity index (χ4n) is 2.46. The summed E-state index contributed by atoms with van der Waals surface area (Å²) in [6.45, 7) is 12.0. The molecule has 0 spiro atoms. The van der Waals surface area contributed by atoms with Crippen molar-refractivity contribution < 1.29 is 0 Å². The van der Waals surface area contributed by atoms with Gasteiger partial charge in [0.1, 0.15) is 0 Å². The summed E-state index contributed by atoms with van der Waals surface area (Å²) >= 11 is 0. The second-order valence-corrected chi connectivity index (χ2v) is 5.09. The van der Waals surface area contributed by atoms with Crippen LogP contribution >= 0.6 is 0 Å². The lowest BCUT2D eigenvalue weighted by molar-refractivity contribution is 0.274. The maximum atomic E-state index is 3.67. The van der Waals surface area contributed by atoms with Crippen LogP contribution in [0.4, 0.5) is 0 Å². The highest BCUT2D eigenvalue weighted by Gasteiger charge is 2.20. The largest absolute Gasteiger partial charge is 0.313 e. The third-order valence-corrected chi connectivity index (χ3v) is 3.31. The zero-order valence-corrected chi connectivity index (χ0v) is 10.8. The van der Waals surface area contributed by atoms with E-state index in [0.29, 0.717) is 0 Å². The van der Waals surface area contributed by atoms with Crippen LogP contribution in [0.15, 0.2) is 0 Å². The second-order valence-electron chi connectivity index (χ2n) is 5.09. The second kappa shape index (κ2) is 7.24. The summed E-state index contributed by atoms with van der Waals surface area (Å²) in [7, 11) is 0. The summed E-state index contributed by atoms with van der Waals surface area (Å²) in [4.78, 5) is 2.63. The Morgan fingerprint density at radius 1 is 1.33 bits per heavy atom. The minimum atomic E-state index is 0.722. The highest BCUT2D eigenvalue weighted by atomic mass is 15.2. The van der Waals surface area contributed by atoms with Crippen molar-refractivity contribution in [3.05, 3.63) is 0 Å². The molecule has 15 heavy (non-hydrogen) atoms. The summed E-state index contributed by atoms with van der Waals surface area (Å²) in [5.41, 5.74) is 0. The van der Waals surface area contributed by atoms with Crippen molar-refractivity contribution in [2.24, 2.45) is 5.92 Å². The molecule has 1 aliphatic rings. The maximum Gasteiger partial charge on any atom is 0.0194 e. The zero-order chi connectivity index (χ0) is 11.1. The fourth-order valence-corrected chi connectivity index (χ4v) is 2.46. The first-order valence-electron chi connectivity index (χ1n) is 6.72. The van der Waals surface area contributed by atoms with E-state index in [0.717, 1.165) is 12.0 Å². The number of nitrogens with one attached hydrogen (secondary N) is 1. The summed E-state index contributed by atoms with van der Waals surface area (Å²) < 4.78 is 0. The van der Waals surface area contributed by atoms with Gasteiger partial charge in [0.2, 0.25) is 0 Å². The molecule has 1 rings (SSSR count). The molecule has 2 heteroatoms. The maximum absolute atomic E-state index is 3.67. The van der Waals surface area contributed by atoms with Crippen molar-refractivity contribution in [3.8, 4) is 0 Å². The average Bonchev–Trinajstić information content (AvgIpc) is 2.61. The van der Waals surface area contributed by atoms with Crippen molar-refractivity contribution in [1.82, 2.24) is 10.2 Å². The van der Waals surface area contributed by atoms with Gasteiger partial charge < -0.3 is 10.2 Å². The van der Waals surface area contributed by atoms with Crippen molar-refractivity contribution in [2.45, 2.75) is 52.5 Å². The van der Waals surface area contributed by atoms with E-state index in [1.807, 2.05) is 0 Å². The summed E-state index contributed by atoms with van der Waals surface area (Å²) in [6.07, 6.45) is 5.26. The lowest BCUT2D eigenvalue weighted by atomic mass is 10.1. The Hall–Kier alpha value is -0.0800. The molecule has 0 radical (unpaired) electrons. The summed E-state index contributed by atoms with van der Waals surface area (Å²) in [6, 6.07) is 0.722. The number of likely N-dealkylation sites (tertiary alicyclic amines) is 1. The molecule has 0 saturated carbocycles. The van der Waals surface area contributed by atoms with Crippen LogP contribution in [0.2, 0.25) is 0 Å². The van der Waals surface area contributed by atoms with Crippen LogP contribution in [-0.2, 0) is 0 Å². The Morgan fingerprint density at radius 3 is 2.67 bits per heavy atom. The van der Waals surface area contributed by atoms with Crippen molar-refractivity contribution in [2.75, 3.05) is 26.2 Å². The smallest absolute Gasteiger partial charge is 0.0194 e. The molecule has 90 valence electrons. The molecule has 0 aromatic carbocycles. The van der Waals surface area contributed by atoms with Gasteiger partial charge in [-0.25, -0.2) is 0 Å². The van der Waals surface area contributed by atoms with Crippen LogP contribution in [0.1, 0.15) is 46.5 Å². The lowest BCUT2D eigenvalue weighted by Crippen LogP contribution is -2.40. The minimum Gasteiger partial charge on any atom is -0.313 e. The van der Waals surface area contributed by atoms with Gasteiger partial charge in [-0.05, 0) is 38.3 Å². The molecule has 0 aromatic rings. The summed E-state index contributed by atoms with van der Waals surface area (Å²) in [5, 5.41) is 3.67. The predicted octanol–water partition coefficient (Wildman–Crippen LogP) is 2.50. The molecule has 1 aliphatic heterocycles. The fraction of sp³-hybridized carbons (Fsp3) is 1.00. The van der Waals surface area contributed by atoms with Gasteiger partial charge in [0, 0.05) is 19.1 Å². The molecule has 2 atom stereocenters. The highest BCUT2D eigenvalue weighted by molar-refractivity contribution is 4.78. The van der Waals surface area contributed by atoms with Crippen molar-refractivity contribution in [1.29, 1.82) is 0 Å². The standard InChI is InChI=1S/C13H28N2/c1-4-6-13(14-8-5-2)11-15-9-7-12(3)10-15/h12-14H,4-11H2,1-3H3. The highest BCUT2D eigenvalue weighted by Crippen LogP contribution is 2.15. The van der Waals surface area contributed by atoms with Gasteiger partial charge in [0.05, 0.1) is 0 Å². The minimum absolute atomic E-state index is 0.722. The van der Waals surface area contributed by atoms with Gasteiger partial charge in [-0.15, -0.1) is 0 Å². The van der Waals surface area contributed by atoms with Gasteiger partial charge in [-0.2, -0.15) is 0 Å². The normalized spacial score (nSPS) is 24.6. The van der Waals surface area contributed by atoms with E-state index in [1.165, 1.54) is 51.9 Å². The Labute approximate surface area is 95.4 Å². The molecule has 1 heterocycles. The Balaban J connectivity index is 2.23. The zero-order valence-electron chi connectivity index (χ0n) is 10.8. The van der Waals surface area contributed by atoms with Crippen molar-refractivity contribution in [3.63, 3.8) is 0 Å². The average molecular weight is 212 g/mol. The topological polar surface area (TPSA) is 15.3 Å². The van der Waals surface area contributed by atoms with E-state index >= 15 is 0 Å². The number of nitrogens with zero attached hydrogens (tertiary/aromatic N) is 1. The molecule has 1 fully saturated rings. The molecule has 0 amide bonds. The van der Waals surface area contributed by atoms with E-state index < -0.39 is 0 Å². The Kier molecular flexibility index (Phi) is 6.26. The van der Waals surface area contributed by atoms with Crippen LogP contribution in [0.5, 0.6) is 0 Å². The Morgan fingerprint density at radius 2 is 2.13 bits per heavy atom.